The summed E-state index contributed by atoms with van der Waals surface area (Å²) in [6.45, 7) is 1.62. The van der Waals surface area contributed by atoms with Crippen LogP contribution in [-0.2, 0) is 24.2 Å². The van der Waals surface area contributed by atoms with Crippen molar-refractivity contribution in [3.63, 3.8) is 0 Å². The zero-order valence-corrected chi connectivity index (χ0v) is 11.3. The molecule has 0 unspecified atom stereocenters. The second-order valence-electron chi connectivity index (χ2n) is 2.46. The normalized spacial score (nSPS) is 11.7. The second-order valence-corrected chi connectivity index (χ2v) is 2.46. The topological polar surface area (TPSA) is 77.6 Å². The number of pyridine rings is 1. The van der Waals surface area contributed by atoms with Crippen molar-refractivity contribution in [2.24, 2.45) is 10.7 Å². The van der Waals surface area contributed by atoms with E-state index in [2.05, 4.69) is 14.7 Å². The van der Waals surface area contributed by atoms with E-state index >= 15 is 0 Å². The Kier molecular flexibility index (Phi) is 7.37. The zero-order chi connectivity index (χ0) is 10.2. The number of nitrogens with zero attached hydrogens (tertiary/aromatic N) is 2. The number of carbonyl (C=O) groups excluding carboxylic acids is 1. The zero-order valence-electron chi connectivity index (χ0n) is 8.30. The number of aliphatic imine (C=N–C) groups is 1. The Bertz CT molecular complexity index is 310. The third-order valence-corrected chi connectivity index (χ3v) is 1.40. The van der Waals surface area contributed by atoms with Crippen molar-refractivity contribution in [3.05, 3.63) is 30.1 Å². The maximum absolute atomic E-state index is 10.4. The van der Waals surface area contributed by atoms with Gasteiger partial charge in [-0.3, -0.25) is 14.8 Å². The number of hydrogen-bond acceptors (Lipinski definition) is 4. The summed E-state index contributed by atoms with van der Waals surface area (Å²) in [5.74, 6) is -0.490. The number of ether oxygens (including phenoxy) is 1. The van der Waals surface area contributed by atoms with Gasteiger partial charge in [0.2, 0.25) is 0 Å². The van der Waals surface area contributed by atoms with Crippen molar-refractivity contribution in [2.75, 3.05) is 13.2 Å². The van der Waals surface area contributed by atoms with Gasteiger partial charge in [0, 0.05) is 25.7 Å². The van der Waals surface area contributed by atoms with Crippen LogP contribution in [0.5, 0.6) is 0 Å². The first kappa shape index (κ1) is 13.7. The number of aromatic nitrogens is 1. The third kappa shape index (κ3) is 5.91. The van der Waals surface area contributed by atoms with Crippen LogP contribution in [0, 0.1) is 0 Å². The van der Waals surface area contributed by atoms with E-state index in [0.717, 1.165) is 13.2 Å². The molecule has 0 spiro atoms. The quantitative estimate of drug-likeness (QED) is 0.732. The molecular weight excluding hydrogens is 248 g/mol. The molecule has 0 fully saturated rings. The SMILES string of the molecule is C1=NCCO1.NC(=O)c1ccccn1.[Zn]. The molecule has 0 aliphatic carbocycles. The maximum Gasteiger partial charge on any atom is 0.267 e. The Morgan fingerprint density at radius 2 is 2.27 bits per heavy atom. The van der Waals surface area contributed by atoms with Crippen molar-refractivity contribution in [1.82, 2.24) is 4.98 Å². The summed E-state index contributed by atoms with van der Waals surface area (Å²) in [5, 5.41) is 0. The summed E-state index contributed by atoms with van der Waals surface area (Å²) in [6, 6.07) is 5.02. The Labute approximate surface area is 101 Å². The molecule has 0 radical (unpaired) electrons. The van der Waals surface area contributed by atoms with E-state index < -0.39 is 5.91 Å². The van der Waals surface area contributed by atoms with E-state index in [1.807, 2.05) is 0 Å². The van der Waals surface area contributed by atoms with Gasteiger partial charge in [-0.05, 0) is 12.1 Å². The van der Waals surface area contributed by atoms with Crippen molar-refractivity contribution in [2.45, 2.75) is 0 Å². The number of primary amides is 1. The predicted molar refractivity (Wildman–Crippen MR) is 52.1 cm³/mol. The van der Waals surface area contributed by atoms with Gasteiger partial charge < -0.3 is 10.5 Å². The van der Waals surface area contributed by atoms with E-state index in [-0.39, 0.29) is 19.5 Å². The van der Waals surface area contributed by atoms with Gasteiger partial charge in [-0.15, -0.1) is 0 Å². The molecule has 1 aromatic heterocycles. The minimum absolute atomic E-state index is 0. The number of hydrogen-bond donors (Lipinski definition) is 1. The molecule has 0 atom stereocenters. The number of rotatable bonds is 1. The van der Waals surface area contributed by atoms with Crippen molar-refractivity contribution < 1.29 is 29.0 Å². The molecule has 1 aliphatic rings. The first-order chi connectivity index (χ1) is 6.80. The van der Waals surface area contributed by atoms with Crippen LogP contribution < -0.4 is 5.73 Å². The van der Waals surface area contributed by atoms with Crippen molar-refractivity contribution in [1.29, 1.82) is 0 Å². The summed E-state index contributed by atoms with van der Waals surface area (Å²) < 4.78 is 4.65. The smallest absolute Gasteiger partial charge is 0.267 e. The van der Waals surface area contributed by atoms with E-state index in [9.17, 15) is 4.79 Å². The summed E-state index contributed by atoms with van der Waals surface area (Å²) in [4.78, 5) is 17.8. The van der Waals surface area contributed by atoms with Gasteiger partial charge in [0.25, 0.3) is 5.91 Å². The summed E-state index contributed by atoms with van der Waals surface area (Å²) in [6.07, 6.45) is 3.01. The molecule has 1 aliphatic heterocycles. The fourth-order valence-electron chi connectivity index (χ4n) is 0.772. The second kappa shape index (κ2) is 8.06. The largest absolute Gasteiger partial charge is 0.482 e. The van der Waals surface area contributed by atoms with Gasteiger partial charge in [-0.2, -0.15) is 0 Å². The van der Waals surface area contributed by atoms with Crippen molar-refractivity contribution >= 4 is 12.3 Å². The van der Waals surface area contributed by atoms with Crippen LogP contribution in [0.25, 0.3) is 0 Å². The first-order valence-electron chi connectivity index (χ1n) is 4.11. The molecule has 5 nitrogen and oxygen atoms in total. The van der Waals surface area contributed by atoms with Crippen LogP contribution >= 0.6 is 0 Å². The fraction of sp³-hybridized carbons (Fsp3) is 0.222. The average Bonchev–Trinajstić information content (AvgIpc) is 2.77. The molecule has 1 amide bonds. The van der Waals surface area contributed by atoms with Gasteiger partial charge in [0.1, 0.15) is 12.3 Å². The molecule has 2 rings (SSSR count). The predicted octanol–water partition coefficient (Wildman–Crippen LogP) is 0.223. The third-order valence-electron chi connectivity index (χ3n) is 1.40. The van der Waals surface area contributed by atoms with Gasteiger partial charge in [-0.25, -0.2) is 0 Å². The van der Waals surface area contributed by atoms with Gasteiger partial charge in [0.15, 0.2) is 6.40 Å². The van der Waals surface area contributed by atoms with Gasteiger partial charge in [-0.1, -0.05) is 6.07 Å². The number of carbonyl (C=O) groups is 1. The molecule has 76 valence electrons. The van der Waals surface area contributed by atoms with E-state index in [1.54, 1.807) is 18.2 Å². The fourth-order valence-corrected chi connectivity index (χ4v) is 0.772. The molecule has 0 saturated carbocycles. The van der Waals surface area contributed by atoms with Gasteiger partial charge in [0.05, 0.1) is 6.54 Å². The van der Waals surface area contributed by atoms with E-state index in [1.165, 1.54) is 12.6 Å². The molecule has 2 N–H and O–H groups in total. The standard InChI is InChI=1S/C6H6N2O.C3H5NO.Zn/c7-6(9)5-3-1-2-4-8-5;1-2-5-3-4-1;/h1-4H,(H2,7,9);3H,1-2H2;. The number of amides is 1. The van der Waals surface area contributed by atoms with Crippen LogP contribution in [0.2, 0.25) is 0 Å². The molecule has 0 saturated heterocycles. The van der Waals surface area contributed by atoms with E-state index in [4.69, 9.17) is 5.73 Å². The van der Waals surface area contributed by atoms with Crippen LogP contribution in [-0.4, -0.2) is 30.4 Å². The van der Waals surface area contributed by atoms with Crippen LogP contribution in [0.1, 0.15) is 10.5 Å². The summed E-state index contributed by atoms with van der Waals surface area (Å²) in [5.41, 5.74) is 5.22. The molecule has 15 heavy (non-hydrogen) atoms. The molecular formula is C9H11N3O2Zn. The Morgan fingerprint density at radius 3 is 2.53 bits per heavy atom. The molecule has 2 heterocycles. The monoisotopic (exact) mass is 257 g/mol. The van der Waals surface area contributed by atoms with E-state index in [0.29, 0.717) is 5.69 Å². The van der Waals surface area contributed by atoms with Crippen molar-refractivity contribution in [3.8, 4) is 0 Å². The Morgan fingerprint density at radius 1 is 1.47 bits per heavy atom. The molecule has 6 heteroatoms. The maximum atomic E-state index is 10.4. The minimum atomic E-state index is -0.490. The molecule has 1 aromatic rings. The molecule has 0 aromatic carbocycles. The number of nitrogens with two attached hydrogens (primary N) is 1. The van der Waals surface area contributed by atoms with Crippen LogP contribution in [0.15, 0.2) is 29.4 Å². The van der Waals surface area contributed by atoms with Gasteiger partial charge >= 0.3 is 0 Å². The molecule has 0 bridgehead atoms. The minimum Gasteiger partial charge on any atom is -0.482 e. The Hall–Kier alpha value is -1.29. The Balaban J connectivity index is 0.000000280. The first-order valence-corrected chi connectivity index (χ1v) is 4.11. The summed E-state index contributed by atoms with van der Waals surface area (Å²) in [7, 11) is 0. The van der Waals surface area contributed by atoms with Crippen LogP contribution in [0.4, 0.5) is 0 Å². The average molecular weight is 259 g/mol. The summed E-state index contributed by atoms with van der Waals surface area (Å²) >= 11 is 0. The van der Waals surface area contributed by atoms with Crippen LogP contribution in [0.3, 0.4) is 0 Å².